The van der Waals surface area contributed by atoms with E-state index in [1.54, 1.807) is 17.0 Å². The highest BCUT2D eigenvalue weighted by Gasteiger charge is 2.20. The van der Waals surface area contributed by atoms with Gasteiger partial charge in [0.1, 0.15) is 0 Å². The summed E-state index contributed by atoms with van der Waals surface area (Å²) < 4.78 is 1.67. The first kappa shape index (κ1) is 14.1. The van der Waals surface area contributed by atoms with Gasteiger partial charge in [-0.15, -0.1) is 0 Å². The highest BCUT2D eigenvalue weighted by molar-refractivity contribution is 5.30. The van der Waals surface area contributed by atoms with Crippen LogP contribution in [0.1, 0.15) is 45.6 Å². The summed E-state index contributed by atoms with van der Waals surface area (Å²) in [6, 6.07) is 0.132. The van der Waals surface area contributed by atoms with Crippen LogP contribution in [0.5, 0.6) is 0 Å². The van der Waals surface area contributed by atoms with E-state index >= 15 is 0 Å². The quantitative estimate of drug-likeness (QED) is 0.871. The Bertz CT molecular complexity index is 470. The molecule has 0 bridgehead atoms. The number of nitrogens with zero attached hydrogens (tertiary/aromatic N) is 2. The van der Waals surface area contributed by atoms with Gasteiger partial charge in [0.15, 0.2) is 5.82 Å². The SMILES string of the molecule is CC(C)n1ccnc(NCC2CCCC(O)C2)c1=O. The minimum atomic E-state index is -0.184. The number of rotatable bonds is 4. The van der Waals surface area contributed by atoms with Crippen molar-refractivity contribution in [1.82, 2.24) is 9.55 Å². The van der Waals surface area contributed by atoms with Gasteiger partial charge in [0.2, 0.25) is 0 Å². The Balaban J connectivity index is 2.00. The summed E-state index contributed by atoms with van der Waals surface area (Å²) in [5, 5.41) is 12.8. The molecule has 0 saturated heterocycles. The van der Waals surface area contributed by atoms with Gasteiger partial charge in [-0.05, 0) is 39.0 Å². The van der Waals surface area contributed by atoms with Crippen molar-refractivity contribution in [3.63, 3.8) is 0 Å². The van der Waals surface area contributed by atoms with Gasteiger partial charge in [-0.1, -0.05) is 6.42 Å². The van der Waals surface area contributed by atoms with Gasteiger partial charge in [0.25, 0.3) is 5.56 Å². The molecule has 1 aliphatic carbocycles. The summed E-state index contributed by atoms with van der Waals surface area (Å²) in [4.78, 5) is 16.3. The van der Waals surface area contributed by atoms with Crippen molar-refractivity contribution in [3.05, 3.63) is 22.7 Å². The first-order valence-electron chi connectivity index (χ1n) is 7.07. The molecule has 2 unspecified atom stereocenters. The normalized spacial score (nSPS) is 23.6. The number of nitrogens with one attached hydrogen (secondary N) is 1. The van der Waals surface area contributed by atoms with Gasteiger partial charge in [0.05, 0.1) is 6.10 Å². The molecular weight excluding hydrogens is 242 g/mol. The van der Waals surface area contributed by atoms with E-state index in [4.69, 9.17) is 0 Å². The first-order valence-corrected chi connectivity index (χ1v) is 7.07. The van der Waals surface area contributed by atoms with E-state index in [1.165, 1.54) is 0 Å². The molecule has 1 fully saturated rings. The maximum atomic E-state index is 12.1. The number of hydrogen-bond acceptors (Lipinski definition) is 4. The second-order valence-electron chi connectivity index (χ2n) is 5.65. The molecule has 0 aliphatic heterocycles. The molecule has 1 saturated carbocycles. The summed E-state index contributed by atoms with van der Waals surface area (Å²) >= 11 is 0. The van der Waals surface area contributed by atoms with E-state index in [9.17, 15) is 9.90 Å². The van der Waals surface area contributed by atoms with Crippen LogP contribution in [-0.4, -0.2) is 27.3 Å². The predicted octanol–water partition coefficient (Wildman–Crippen LogP) is 1.79. The Morgan fingerprint density at radius 2 is 2.32 bits per heavy atom. The zero-order valence-corrected chi connectivity index (χ0v) is 11.7. The lowest BCUT2D eigenvalue weighted by Crippen LogP contribution is -2.29. The highest BCUT2D eigenvalue weighted by Crippen LogP contribution is 2.24. The van der Waals surface area contributed by atoms with Gasteiger partial charge in [-0.2, -0.15) is 0 Å². The third-order valence-electron chi connectivity index (χ3n) is 3.74. The molecule has 1 aromatic rings. The van der Waals surface area contributed by atoms with Crippen LogP contribution < -0.4 is 10.9 Å². The van der Waals surface area contributed by atoms with E-state index in [0.717, 1.165) is 25.7 Å². The van der Waals surface area contributed by atoms with Crippen molar-refractivity contribution in [1.29, 1.82) is 0 Å². The fourth-order valence-corrected chi connectivity index (χ4v) is 2.64. The fraction of sp³-hybridized carbons (Fsp3) is 0.714. The van der Waals surface area contributed by atoms with Gasteiger partial charge in [0, 0.05) is 25.0 Å². The monoisotopic (exact) mass is 265 g/mol. The summed E-state index contributed by atoms with van der Waals surface area (Å²) in [5.74, 6) is 0.842. The summed E-state index contributed by atoms with van der Waals surface area (Å²) in [7, 11) is 0. The summed E-state index contributed by atoms with van der Waals surface area (Å²) in [6.07, 6.45) is 7.07. The molecule has 1 heterocycles. The average molecular weight is 265 g/mol. The van der Waals surface area contributed by atoms with Gasteiger partial charge < -0.3 is 15.0 Å². The lowest BCUT2D eigenvalue weighted by atomic mass is 9.87. The van der Waals surface area contributed by atoms with Crippen LogP contribution in [0.15, 0.2) is 17.2 Å². The topological polar surface area (TPSA) is 67.2 Å². The number of hydrogen-bond donors (Lipinski definition) is 2. The molecule has 1 aliphatic rings. The lowest BCUT2D eigenvalue weighted by molar-refractivity contribution is 0.104. The van der Waals surface area contributed by atoms with Crippen molar-refractivity contribution >= 4 is 5.82 Å². The molecular formula is C14H23N3O2. The molecule has 2 N–H and O–H groups in total. The Labute approximate surface area is 113 Å². The van der Waals surface area contributed by atoms with E-state index in [2.05, 4.69) is 10.3 Å². The minimum absolute atomic E-state index is 0.0751. The van der Waals surface area contributed by atoms with Crippen molar-refractivity contribution in [3.8, 4) is 0 Å². The average Bonchev–Trinajstić information content (AvgIpc) is 2.37. The standard InChI is InChI=1S/C14H23N3O2/c1-10(2)17-7-6-15-13(14(17)19)16-9-11-4-3-5-12(18)8-11/h6-7,10-12,18H,3-5,8-9H2,1-2H3,(H,15,16). The largest absolute Gasteiger partial charge is 0.393 e. The Morgan fingerprint density at radius 1 is 1.53 bits per heavy atom. The fourth-order valence-electron chi connectivity index (χ4n) is 2.64. The van der Waals surface area contributed by atoms with E-state index in [-0.39, 0.29) is 17.7 Å². The van der Waals surface area contributed by atoms with Gasteiger partial charge >= 0.3 is 0 Å². The van der Waals surface area contributed by atoms with Gasteiger partial charge in [-0.3, -0.25) is 4.79 Å². The molecule has 0 spiro atoms. The minimum Gasteiger partial charge on any atom is -0.393 e. The zero-order valence-electron chi connectivity index (χ0n) is 11.7. The zero-order chi connectivity index (χ0) is 13.8. The van der Waals surface area contributed by atoms with E-state index in [0.29, 0.717) is 18.3 Å². The van der Waals surface area contributed by atoms with Crippen LogP contribution in [0.25, 0.3) is 0 Å². The van der Waals surface area contributed by atoms with Crippen molar-refractivity contribution in [2.75, 3.05) is 11.9 Å². The summed E-state index contributed by atoms with van der Waals surface area (Å²) in [5.41, 5.74) is -0.0751. The van der Waals surface area contributed by atoms with Crippen LogP contribution in [0.2, 0.25) is 0 Å². The molecule has 2 rings (SSSR count). The number of anilines is 1. The molecule has 0 aromatic carbocycles. The lowest BCUT2D eigenvalue weighted by Gasteiger charge is -2.26. The highest BCUT2D eigenvalue weighted by atomic mass is 16.3. The van der Waals surface area contributed by atoms with Crippen LogP contribution in [-0.2, 0) is 0 Å². The maximum Gasteiger partial charge on any atom is 0.293 e. The second kappa shape index (κ2) is 6.19. The van der Waals surface area contributed by atoms with Crippen LogP contribution in [0.3, 0.4) is 0 Å². The maximum absolute atomic E-state index is 12.1. The third-order valence-corrected chi connectivity index (χ3v) is 3.74. The predicted molar refractivity (Wildman–Crippen MR) is 75.3 cm³/mol. The van der Waals surface area contributed by atoms with Crippen LogP contribution >= 0.6 is 0 Å². The Hall–Kier alpha value is -1.36. The Morgan fingerprint density at radius 3 is 3.00 bits per heavy atom. The molecule has 5 nitrogen and oxygen atoms in total. The third kappa shape index (κ3) is 3.56. The Kier molecular flexibility index (Phi) is 4.58. The number of aliphatic hydroxyl groups excluding tert-OH is 1. The van der Waals surface area contributed by atoms with Crippen molar-refractivity contribution < 1.29 is 5.11 Å². The number of aromatic nitrogens is 2. The molecule has 0 amide bonds. The molecule has 1 aromatic heterocycles. The van der Waals surface area contributed by atoms with Gasteiger partial charge in [-0.25, -0.2) is 4.98 Å². The van der Waals surface area contributed by atoms with Crippen molar-refractivity contribution in [2.24, 2.45) is 5.92 Å². The molecule has 0 radical (unpaired) electrons. The smallest absolute Gasteiger partial charge is 0.293 e. The van der Waals surface area contributed by atoms with Crippen LogP contribution in [0.4, 0.5) is 5.82 Å². The second-order valence-corrected chi connectivity index (χ2v) is 5.65. The number of aliphatic hydroxyl groups is 1. The van der Waals surface area contributed by atoms with E-state index in [1.807, 2.05) is 13.8 Å². The molecule has 5 heteroatoms. The molecule has 106 valence electrons. The van der Waals surface area contributed by atoms with Crippen molar-refractivity contribution in [2.45, 2.75) is 51.7 Å². The molecule has 2 atom stereocenters. The molecule has 19 heavy (non-hydrogen) atoms. The first-order chi connectivity index (χ1) is 9.08. The van der Waals surface area contributed by atoms with Crippen LogP contribution in [0, 0.1) is 5.92 Å². The van der Waals surface area contributed by atoms with E-state index < -0.39 is 0 Å². The summed E-state index contributed by atoms with van der Waals surface area (Å²) in [6.45, 7) is 4.66.